The van der Waals surface area contributed by atoms with Crippen LogP contribution in [0.5, 0.6) is 5.75 Å². The van der Waals surface area contributed by atoms with E-state index in [1.807, 2.05) is 37.1 Å². The Morgan fingerprint density at radius 3 is 2.02 bits per heavy atom. The lowest BCUT2D eigenvalue weighted by molar-refractivity contribution is 0.320. The van der Waals surface area contributed by atoms with Crippen molar-refractivity contribution in [1.29, 1.82) is 0 Å². The number of hydrogen-bond donors (Lipinski definition) is 3. The first kappa shape index (κ1) is 29.1. The number of anilines is 1. The topological polar surface area (TPSA) is 104 Å². The van der Waals surface area contributed by atoms with Crippen LogP contribution >= 0.6 is 0 Å². The summed E-state index contributed by atoms with van der Waals surface area (Å²) in [4.78, 5) is 23.6. The molecule has 0 atom stereocenters. The zero-order valence-corrected chi connectivity index (χ0v) is 25.3. The van der Waals surface area contributed by atoms with Crippen LogP contribution in [0.15, 0.2) is 55.2 Å². The molecular formula is C32H43N7O. The SMILES string of the molecule is CC(C)(C)c1cnc2[nH]ccc2c1.CC(C)(C)c1cnc2[nH]ccc2n1.CC(C)(C)c1cnc2c(c1)OCCN2. The van der Waals surface area contributed by atoms with E-state index in [9.17, 15) is 0 Å². The van der Waals surface area contributed by atoms with Crippen LogP contribution in [0.1, 0.15) is 79.1 Å². The number of pyridine rings is 2. The number of aromatic nitrogens is 6. The minimum absolute atomic E-state index is 0.0679. The second kappa shape index (κ2) is 11.3. The maximum absolute atomic E-state index is 5.53. The number of fused-ring (bicyclic) bond motifs is 3. The summed E-state index contributed by atoms with van der Waals surface area (Å²) < 4.78 is 5.53. The Balaban J connectivity index is 0.000000139. The Hall–Kier alpha value is -3.94. The molecule has 212 valence electrons. The van der Waals surface area contributed by atoms with E-state index < -0.39 is 0 Å². The minimum atomic E-state index is 0.0679. The van der Waals surface area contributed by atoms with E-state index in [1.54, 1.807) is 0 Å². The van der Waals surface area contributed by atoms with Gasteiger partial charge in [-0.25, -0.2) is 19.9 Å². The Morgan fingerprint density at radius 2 is 1.32 bits per heavy atom. The summed E-state index contributed by atoms with van der Waals surface area (Å²) in [5, 5.41) is 4.39. The van der Waals surface area contributed by atoms with Gasteiger partial charge in [-0.3, -0.25) is 0 Å². The second-order valence-corrected chi connectivity index (χ2v) is 13.2. The van der Waals surface area contributed by atoms with Gasteiger partial charge in [0.25, 0.3) is 0 Å². The largest absolute Gasteiger partial charge is 0.488 e. The van der Waals surface area contributed by atoms with Gasteiger partial charge in [0.1, 0.15) is 17.8 Å². The van der Waals surface area contributed by atoms with Crippen molar-refractivity contribution < 1.29 is 4.74 Å². The predicted octanol–water partition coefficient (Wildman–Crippen LogP) is 7.30. The smallest absolute Gasteiger partial charge is 0.168 e. The third kappa shape index (κ3) is 7.17. The van der Waals surface area contributed by atoms with Crippen LogP contribution in [0.3, 0.4) is 0 Å². The van der Waals surface area contributed by atoms with Crippen LogP contribution in [0.4, 0.5) is 5.82 Å². The average molecular weight is 542 g/mol. The van der Waals surface area contributed by atoms with Crippen molar-refractivity contribution in [2.45, 2.75) is 78.6 Å². The van der Waals surface area contributed by atoms with Crippen LogP contribution in [-0.4, -0.2) is 43.1 Å². The molecule has 6 rings (SSSR count). The quantitative estimate of drug-likeness (QED) is 0.190. The van der Waals surface area contributed by atoms with E-state index in [2.05, 4.69) is 116 Å². The Morgan fingerprint density at radius 1 is 0.700 bits per heavy atom. The first-order chi connectivity index (χ1) is 18.7. The third-order valence-corrected chi connectivity index (χ3v) is 6.67. The Bertz CT molecular complexity index is 1480. The lowest BCUT2D eigenvalue weighted by Crippen LogP contribution is -2.20. The highest BCUT2D eigenvalue weighted by Crippen LogP contribution is 2.31. The number of nitrogens with zero attached hydrogens (tertiary/aromatic N) is 4. The van der Waals surface area contributed by atoms with Crippen LogP contribution in [0.2, 0.25) is 0 Å². The number of nitrogens with one attached hydrogen (secondary N) is 3. The molecule has 0 amide bonds. The van der Waals surface area contributed by atoms with Crippen LogP contribution in [0, 0.1) is 0 Å². The number of rotatable bonds is 0. The molecule has 0 fully saturated rings. The fourth-order valence-electron chi connectivity index (χ4n) is 3.97. The van der Waals surface area contributed by atoms with Crippen molar-refractivity contribution in [2.75, 3.05) is 18.5 Å². The molecular weight excluding hydrogens is 498 g/mol. The van der Waals surface area contributed by atoms with Gasteiger partial charge < -0.3 is 20.0 Å². The summed E-state index contributed by atoms with van der Waals surface area (Å²) >= 11 is 0. The molecule has 6 heterocycles. The molecule has 8 heteroatoms. The fraction of sp³-hybridized carbons (Fsp3) is 0.438. The van der Waals surface area contributed by atoms with Gasteiger partial charge in [-0.05, 0) is 46.2 Å². The highest BCUT2D eigenvalue weighted by molar-refractivity contribution is 5.76. The molecule has 8 nitrogen and oxygen atoms in total. The van der Waals surface area contributed by atoms with E-state index in [1.165, 1.54) is 16.5 Å². The summed E-state index contributed by atoms with van der Waals surface area (Å²) in [7, 11) is 0. The molecule has 0 spiro atoms. The lowest BCUT2D eigenvalue weighted by Gasteiger charge is -2.23. The summed E-state index contributed by atoms with van der Waals surface area (Å²) in [6, 6.07) is 8.27. The number of aromatic amines is 2. The van der Waals surface area contributed by atoms with Gasteiger partial charge in [-0.1, -0.05) is 62.3 Å². The summed E-state index contributed by atoms with van der Waals surface area (Å²) in [5.74, 6) is 1.74. The molecule has 0 bridgehead atoms. The molecule has 0 saturated heterocycles. The van der Waals surface area contributed by atoms with Gasteiger partial charge in [-0.2, -0.15) is 0 Å². The van der Waals surface area contributed by atoms with E-state index in [0.717, 1.165) is 47.2 Å². The molecule has 0 saturated carbocycles. The van der Waals surface area contributed by atoms with Crippen molar-refractivity contribution in [3.8, 4) is 5.75 Å². The van der Waals surface area contributed by atoms with Crippen molar-refractivity contribution in [2.24, 2.45) is 0 Å². The molecule has 1 aliphatic heterocycles. The standard InChI is InChI=1S/C11H16N2O.C11H14N2.C10H13N3/c1-11(2,3)8-6-9-10(13-7-8)12-4-5-14-9;1-11(2,3)9-6-8-4-5-12-10(8)13-7-9;1-10(2,3)8-6-12-9-7(13-8)4-5-11-9/h6-7H,4-5H2,1-3H3,(H,12,13);4-7H,1-3H3,(H,12,13);4-6H,1-3H3,(H,11,12). The molecule has 5 aromatic rings. The van der Waals surface area contributed by atoms with Gasteiger partial charge in [-0.15, -0.1) is 0 Å². The zero-order valence-electron chi connectivity index (χ0n) is 25.3. The van der Waals surface area contributed by atoms with E-state index in [4.69, 9.17) is 4.74 Å². The highest BCUT2D eigenvalue weighted by Gasteiger charge is 2.19. The molecule has 0 aromatic carbocycles. The fourth-order valence-corrected chi connectivity index (χ4v) is 3.97. The van der Waals surface area contributed by atoms with E-state index in [-0.39, 0.29) is 16.2 Å². The van der Waals surface area contributed by atoms with Gasteiger partial charge >= 0.3 is 0 Å². The molecule has 40 heavy (non-hydrogen) atoms. The summed E-state index contributed by atoms with van der Waals surface area (Å²) in [6.07, 6.45) is 9.47. The van der Waals surface area contributed by atoms with Crippen molar-refractivity contribution in [1.82, 2.24) is 29.9 Å². The molecule has 1 aliphatic rings. The molecule has 0 unspecified atom stereocenters. The van der Waals surface area contributed by atoms with E-state index >= 15 is 0 Å². The first-order valence-electron chi connectivity index (χ1n) is 13.8. The Kier molecular flexibility index (Phi) is 8.19. The molecule has 3 N–H and O–H groups in total. The van der Waals surface area contributed by atoms with Crippen molar-refractivity contribution >= 4 is 28.0 Å². The van der Waals surface area contributed by atoms with Gasteiger partial charge in [0.15, 0.2) is 17.2 Å². The Labute approximate surface area is 237 Å². The summed E-state index contributed by atoms with van der Waals surface area (Å²) in [6.45, 7) is 21.1. The van der Waals surface area contributed by atoms with Crippen molar-refractivity contribution in [3.05, 3.63) is 72.1 Å². The van der Waals surface area contributed by atoms with Crippen LogP contribution in [-0.2, 0) is 16.2 Å². The van der Waals surface area contributed by atoms with Gasteiger partial charge in [0.2, 0.25) is 0 Å². The van der Waals surface area contributed by atoms with Gasteiger partial charge in [0.05, 0.1) is 18.4 Å². The van der Waals surface area contributed by atoms with Crippen LogP contribution in [0.25, 0.3) is 22.2 Å². The number of H-pyrrole nitrogens is 2. The minimum Gasteiger partial charge on any atom is -0.488 e. The molecule has 5 aromatic heterocycles. The lowest BCUT2D eigenvalue weighted by atomic mass is 9.88. The van der Waals surface area contributed by atoms with Crippen LogP contribution < -0.4 is 10.1 Å². The number of hydrogen-bond acceptors (Lipinski definition) is 6. The van der Waals surface area contributed by atoms with Crippen molar-refractivity contribution in [3.63, 3.8) is 0 Å². The molecule has 0 aliphatic carbocycles. The summed E-state index contributed by atoms with van der Waals surface area (Å²) in [5.41, 5.74) is 6.65. The van der Waals surface area contributed by atoms with E-state index in [0.29, 0.717) is 0 Å². The second-order valence-electron chi connectivity index (χ2n) is 13.2. The monoisotopic (exact) mass is 541 g/mol. The third-order valence-electron chi connectivity index (χ3n) is 6.67. The zero-order chi connectivity index (χ0) is 29.1. The average Bonchev–Trinajstić information content (AvgIpc) is 3.56. The highest BCUT2D eigenvalue weighted by atomic mass is 16.5. The van der Waals surface area contributed by atoms with Gasteiger partial charge in [0, 0.05) is 35.6 Å². The molecule has 0 radical (unpaired) electrons. The number of ether oxygens (including phenoxy) is 1. The maximum atomic E-state index is 5.53. The predicted molar refractivity (Wildman–Crippen MR) is 164 cm³/mol. The maximum Gasteiger partial charge on any atom is 0.168 e. The normalized spacial score (nSPS) is 13.3. The first-order valence-corrected chi connectivity index (χ1v) is 13.8.